The van der Waals surface area contributed by atoms with E-state index in [4.69, 9.17) is 4.74 Å². The molecule has 0 bridgehead atoms. The number of carbonyl (C=O) groups is 2. The highest BCUT2D eigenvalue weighted by Crippen LogP contribution is 2.36. The Bertz CT molecular complexity index is 706. The van der Waals surface area contributed by atoms with Gasteiger partial charge in [0.15, 0.2) is 0 Å². The van der Waals surface area contributed by atoms with Gasteiger partial charge in [-0.2, -0.15) is 0 Å². The lowest BCUT2D eigenvalue weighted by Crippen LogP contribution is -2.26. The molecule has 5 heteroatoms. The Hall–Kier alpha value is -2.04. The maximum absolute atomic E-state index is 12.3. The van der Waals surface area contributed by atoms with E-state index in [0.29, 0.717) is 32.0 Å². The topological polar surface area (TPSA) is 67.4 Å². The lowest BCUT2D eigenvalue weighted by atomic mass is 9.97. The largest absolute Gasteiger partial charge is 0.449 e. The van der Waals surface area contributed by atoms with Crippen LogP contribution in [0.4, 0.5) is 4.79 Å². The number of alkyl carbamates (subject to hydrolysis) is 1. The number of amides is 2. The van der Waals surface area contributed by atoms with Gasteiger partial charge in [-0.05, 0) is 48.1 Å². The lowest BCUT2D eigenvalue weighted by Gasteiger charge is -2.15. The SMILES string of the molecule is CCCCC(CC)COC(=O)NCc1cccc(CNC(=O)CCC2CCC(CCC)C2)c1. The lowest BCUT2D eigenvalue weighted by molar-refractivity contribution is -0.121. The fourth-order valence-corrected chi connectivity index (χ4v) is 4.90. The van der Waals surface area contributed by atoms with E-state index < -0.39 is 0 Å². The molecular formula is C28H46N2O3. The van der Waals surface area contributed by atoms with E-state index >= 15 is 0 Å². The Kier molecular flexibility index (Phi) is 13.0. The van der Waals surface area contributed by atoms with Gasteiger partial charge in [-0.1, -0.05) is 90.0 Å². The second kappa shape index (κ2) is 15.7. The zero-order valence-electron chi connectivity index (χ0n) is 21.2. The summed E-state index contributed by atoms with van der Waals surface area (Å²) in [7, 11) is 0. The first-order chi connectivity index (χ1) is 16.0. The van der Waals surface area contributed by atoms with Gasteiger partial charge >= 0.3 is 6.09 Å². The van der Waals surface area contributed by atoms with Gasteiger partial charge in [-0.3, -0.25) is 4.79 Å². The molecule has 0 radical (unpaired) electrons. The van der Waals surface area contributed by atoms with Gasteiger partial charge < -0.3 is 15.4 Å². The van der Waals surface area contributed by atoms with Crippen LogP contribution in [0.25, 0.3) is 0 Å². The van der Waals surface area contributed by atoms with E-state index in [1.807, 2.05) is 24.3 Å². The molecule has 33 heavy (non-hydrogen) atoms. The molecule has 1 saturated carbocycles. The van der Waals surface area contributed by atoms with E-state index in [-0.39, 0.29) is 12.0 Å². The average Bonchev–Trinajstić information content (AvgIpc) is 3.28. The normalized spacial score (nSPS) is 18.6. The first-order valence-corrected chi connectivity index (χ1v) is 13.3. The van der Waals surface area contributed by atoms with Crippen molar-refractivity contribution in [3.05, 3.63) is 35.4 Å². The van der Waals surface area contributed by atoms with Crippen LogP contribution in [0.1, 0.15) is 103 Å². The number of rotatable bonds is 15. The number of ether oxygens (including phenoxy) is 1. The smallest absolute Gasteiger partial charge is 0.407 e. The zero-order chi connectivity index (χ0) is 23.9. The van der Waals surface area contributed by atoms with Gasteiger partial charge in [-0.15, -0.1) is 0 Å². The van der Waals surface area contributed by atoms with Gasteiger partial charge in [-0.25, -0.2) is 4.79 Å². The summed E-state index contributed by atoms with van der Waals surface area (Å²) >= 11 is 0. The second-order valence-electron chi connectivity index (χ2n) is 9.84. The molecule has 0 heterocycles. The van der Waals surface area contributed by atoms with Crippen molar-refractivity contribution in [2.45, 2.75) is 104 Å². The monoisotopic (exact) mass is 458 g/mol. The number of nitrogens with one attached hydrogen (secondary N) is 2. The predicted octanol–water partition coefficient (Wildman–Crippen LogP) is 6.74. The molecule has 1 fully saturated rings. The van der Waals surface area contributed by atoms with E-state index in [1.54, 1.807) is 0 Å². The fraction of sp³-hybridized carbons (Fsp3) is 0.714. The standard InChI is InChI=1S/C28H46N2O3/c1-4-7-10-22(6-3)21-33-28(32)30-20-26-12-8-11-25(18-26)19-29-27(31)16-15-24-14-13-23(17-24)9-5-2/h8,11-12,18,22-24H,4-7,9-10,13-17,19-21H2,1-3H3,(H,29,31)(H,30,32). The Morgan fingerprint density at radius 2 is 1.70 bits per heavy atom. The van der Waals surface area contributed by atoms with E-state index in [0.717, 1.165) is 42.2 Å². The van der Waals surface area contributed by atoms with Crippen molar-refractivity contribution < 1.29 is 14.3 Å². The third-order valence-electron chi connectivity index (χ3n) is 7.04. The number of unbranched alkanes of at least 4 members (excludes halogenated alkanes) is 1. The Morgan fingerprint density at radius 3 is 2.36 bits per heavy atom. The van der Waals surface area contributed by atoms with Gasteiger partial charge in [0.1, 0.15) is 0 Å². The molecule has 2 N–H and O–H groups in total. The molecular weight excluding hydrogens is 412 g/mol. The Morgan fingerprint density at radius 1 is 1.00 bits per heavy atom. The van der Waals surface area contributed by atoms with Crippen molar-refractivity contribution in [1.82, 2.24) is 10.6 Å². The summed E-state index contributed by atoms with van der Waals surface area (Å²) in [5.41, 5.74) is 2.05. The molecule has 0 aliphatic heterocycles. The highest BCUT2D eigenvalue weighted by molar-refractivity contribution is 5.75. The van der Waals surface area contributed by atoms with Crippen molar-refractivity contribution >= 4 is 12.0 Å². The Labute approximate surface area is 201 Å². The van der Waals surface area contributed by atoms with Crippen molar-refractivity contribution in [3.63, 3.8) is 0 Å². The molecule has 5 nitrogen and oxygen atoms in total. The summed E-state index contributed by atoms with van der Waals surface area (Å²) in [6.45, 7) is 8.01. The molecule has 1 aliphatic carbocycles. The van der Waals surface area contributed by atoms with E-state index in [9.17, 15) is 9.59 Å². The zero-order valence-corrected chi connectivity index (χ0v) is 21.2. The van der Waals surface area contributed by atoms with E-state index in [2.05, 4.69) is 31.4 Å². The van der Waals surface area contributed by atoms with Crippen molar-refractivity contribution in [2.24, 2.45) is 17.8 Å². The summed E-state index contributed by atoms with van der Waals surface area (Å²) in [5.74, 6) is 2.18. The van der Waals surface area contributed by atoms with E-state index in [1.165, 1.54) is 44.9 Å². The molecule has 2 amide bonds. The minimum Gasteiger partial charge on any atom is -0.449 e. The molecule has 0 saturated heterocycles. The van der Waals surface area contributed by atoms with Crippen molar-refractivity contribution in [3.8, 4) is 0 Å². The molecule has 3 unspecified atom stereocenters. The quantitative estimate of drug-likeness (QED) is 0.306. The van der Waals surface area contributed by atoms with Crippen LogP contribution in [0, 0.1) is 17.8 Å². The molecule has 1 aromatic carbocycles. The molecule has 1 aliphatic rings. The minimum absolute atomic E-state index is 0.134. The first kappa shape index (κ1) is 27.2. The van der Waals surface area contributed by atoms with Crippen molar-refractivity contribution in [2.75, 3.05) is 6.61 Å². The number of carbonyl (C=O) groups excluding carboxylic acids is 2. The summed E-state index contributed by atoms with van der Waals surface area (Å²) < 4.78 is 5.41. The summed E-state index contributed by atoms with van der Waals surface area (Å²) in [5, 5.41) is 5.90. The third kappa shape index (κ3) is 11.1. The van der Waals surface area contributed by atoms with Crippen LogP contribution >= 0.6 is 0 Å². The average molecular weight is 459 g/mol. The summed E-state index contributed by atoms with van der Waals surface area (Å²) in [4.78, 5) is 24.4. The van der Waals surface area contributed by atoms with Crippen LogP contribution in [-0.4, -0.2) is 18.6 Å². The van der Waals surface area contributed by atoms with Crippen LogP contribution in [0.3, 0.4) is 0 Å². The molecule has 1 aromatic rings. The van der Waals surface area contributed by atoms with Crippen LogP contribution in [-0.2, 0) is 22.6 Å². The predicted molar refractivity (Wildman–Crippen MR) is 135 cm³/mol. The van der Waals surface area contributed by atoms with Gasteiger partial charge in [0.05, 0.1) is 6.61 Å². The minimum atomic E-state index is -0.364. The summed E-state index contributed by atoms with van der Waals surface area (Å²) in [6.07, 6.45) is 12.3. The van der Waals surface area contributed by atoms with Crippen molar-refractivity contribution in [1.29, 1.82) is 0 Å². The maximum atomic E-state index is 12.3. The van der Waals surface area contributed by atoms with Crippen LogP contribution < -0.4 is 10.6 Å². The van der Waals surface area contributed by atoms with Gasteiger partial charge in [0.25, 0.3) is 0 Å². The first-order valence-electron chi connectivity index (χ1n) is 13.3. The highest BCUT2D eigenvalue weighted by Gasteiger charge is 2.24. The Balaban J connectivity index is 1.65. The van der Waals surface area contributed by atoms with Crippen LogP contribution in [0.5, 0.6) is 0 Å². The second-order valence-corrected chi connectivity index (χ2v) is 9.84. The number of benzene rings is 1. The number of hydrogen-bond donors (Lipinski definition) is 2. The number of hydrogen-bond acceptors (Lipinski definition) is 3. The third-order valence-corrected chi connectivity index (χ3v) is 7.04. The molecule has 186 valence electrons. The fourth-order valence-electron chi connectivity index (χ4n) is 4.90. The molecule has 0 spiro atoms. The van der Waals surface area contributed by atoms with Crippen LogP contribution in [0.15, 0.2) is 24.3 Å². The molecule has 3 atom stereocenters. The molecule has 0 aromatic heterocycles. The van der Waals surface area contributed by atoms with Gasteiger partial charge in [0.2, 0.25) is 5.91 Å². The van der Waals surface area contributed by atoms with Crippen LogP contribution in [0.2, 0.25) is 0 Å². The maximum Gasteiger partial charge on any atom is 0.407 e. The summed E-state index contributed by atoms with van der Waals surface area (Å²) in [6, 6.07) is 7.99. The van der Waals surface area contributed by atoms with Gasteiger partial charge in [0, 0.05) is 19.5 Å². The highest BCUT2D eigenvalue weighted by atomic mass is 16.5. The molecule has 2 rings (SSSR count).